The van der Waals surface area contributed by atoms with Crippen molar-refractivity contribution in [3.05, 3.63) is 12.4 Å². The van der Waals surface area contributed by atoms with Crippen LogP contribution in [-0.4, -0.2) is 47.0 Å². The molecule has 128 valence electrons. The van der Waals surface area contributed by atoms with Gasteiger partial charge in [-0.1, -0.05) is 6.42 Å². The van der Waals surface area contributed by atoms with E-state index >= 15 is 0 Å². The van der Waals surface area contributed by atoms with Gasteiger partial charge in [-0.2, -0.15) is 13.2 Å². The fourth-order valence-corrected chi connectivity index (χ4v) is 3.35. The van der Waals surface area contributed by atoms with Crippen LogP contribution in [0.15, 0.2) is 12.4 Å². The minimum Gasteiger partial charge on any atom is -0.394 e. The molecule has 2 heterocycles. The second kappa shape index (κ2) is 6.14. The predicted octanol–water partition coefficient (Wildman–Crippen LogP) is 2.58. The number of aromatic nitrogens is 2. The first-order valence-corrected chi connectivity index (χ1v) is 7.95. The molecule has 0 aromatic carbocycles. The summed E-state index contributed by atoms with van der Waals surface area (Å²) in [5.74, 6) is 1.04. The summed E-state index contributed by atoms with van der Waals surface area (Å²) >= 11 is 0. The first-order chi connectivity index (χ1) is 11.0. The Morgan fingerprint density at radius 1 is 1.30 bits per heavy atom. The highest BCUT2D eigenvalue weighted by atomic mass is 19.4. The molecule has 1 aromatic heterocycles. The SMILES string of the molecule is OCC1CCCN1c1cc(NCC2(C(F)(F)F)CCC2)ncn1. The average Bonchev–Trinajstić information content (AvgIpc) is 2.93. The van der Waals surface area contributed by atoms with Crippen molar-refractivity contribution in [2.45, 2.75) is 44.3 Å². The molecule has 1 aliphatic heterocycles. The lowest BCUT2D eigenvalue weighted by atomic mass is 9.68. The monoisotopic (exact) mass is 330 g/mol. The molecule has 23 heavy (non-hydrogen) atoms. The van der Waals surface area contributed by atoms with Gasteiger partial charge in [0.1, 0.15) is 18.0 Å². The molecule has 1 saturated heterocycles. The van der Waals surface area contributed by atoms with E-state index in [9.17, 15) is 18.3 Å². The maximum Gasteiger partial charge on any atom is 0.396 e. The molecule has 2 N–H and O–H groups in total. The van der Waals surface area contributed by atoms with Crippen molar-refractivity contribution in [2.24, 2.45) is 5.41 Å². The van der Waals surface area contributed by atoms with E-state index in [1.807, 2.05) is 4.90 Å². The minimum absolute atomic E-state index is 0.0194. The molecule has 3 rings (SSSR count). The molecule has 1 unspecified atom stereocenters. The van der Waals surface area contributed by atoms with Gasteiger partial charge in [0.25, 0.3) is 0 Å². The van der Waals surface area contributed by atoms with Gasteiger partial charge in [-0.05, 0) is 25.7 Å². The molecule has 0 bridgehead atoms. The van der Waals surface area contributed by atoms with Crippen molar-refractivity contribution in [3.63, 3.8) is 0 Å². The highest BCUT2D eigenvalue weighted by Gasteiger charge is 2.57. The fourth-order valence-electron chi connectivity index (χ4n) is 3.35. The molecule has 1 atom stereocenters. The smallest absolute Gasteiger partial charge is 0.394 e. The Balaban J connectivity index is 1.69. The third-order valence-corrected chi connectivity index (χ3v) is 5.05. The summed E-state index contributed by atoms with van der Waals surface area (Å²) in [7, 11) is 0. The van der Waals surface area contributed by atoms with Gasteiger partial charge in [0.2, 0.25) is 0 Å². The summed E-state index contributed by atoms with van der Waals surface area (Å²) in [4.78, 5) is 10.2. The molecule has 0 amide bonds. The number of nitrogens with one attached hydrogen (secondary N) is 1. The van der Waals surface area contributed by atoms with E-state index in [2.05, 4.69) is 15.3 Å². The van der Waals surface area contributed by atoms with E-state index in [0.717, 1.165) is 19.4 Å². The van der Waals surface area contributed by atoms with Crippen LogP contribution in [0.4, 0.5) is 24.8 Å². The van der Waals surface area contributed by atoms with Gasteiger partial charge in [-0.15, -0.1) is 0 Å². The maximum absolute atomic E-state index is 13.2. The lowest BCUT2D eigenvalue weighted by Crippen LogP contribution is -2.48. The molecular formula is C15H21F3N4O. The van der Waals surface area contributed by atoms with Crippen LogP contribution in [0.25, 0.3) is 0 Å². The van der Waals surface area contributed by atoms with E-state index in [4.69, 9.17) is 0 Å². The van der Waals surface area contributed by atoms with Gasteiger partial charge >= 0.3 is 6.18 Å². The first-order valence-electron chi connectivity index (χ1n) is 7.95. The van der Waals surface area contributed by atoms with E-state index in [0.29, 0.717) is 18.1 Å². The van der Waals surface area contributed by atoms with Crippen LogP contribution in [0, 0.1) is 5.41 Å². The molecule has 5 nitrogen and oxygen atoms in total. The molecule has 1 saturated carbocycles. The normalized spacial score (nSPS) is 23.7. The first kappa shape index (κ1) is 16.3. The molecule has 8 heteroatoms. The summed E-state index contributed by atoms with van der Waals surface area (Å²) in [6.07, 6.45) is -0.0331. The molecular weight excluding hydrogens is 309 g/mol. The van der Waals surface area contributed by atoms with Crippen molar-refractivity contribution in [2.75, 3.05) is 29.9 Å². The van der Waals surface area contributed by atoms with Crippen LogP contribution in [-0.2, 0) is 0 Å². The van der Waals surface area contributed by atoms with Gasteiger partial charge in [-0.3, -0.25) is 0 Å². The second-order valence-electron chi connectivity index (χ2n) is 6.42. The minimum atomic E-state index is -4.19. The van der Waals surface area contributed by atoms with Gasteiger partial charge in [0.15, 0.2) is 0 Å². The highest BCUT2D eigenvalue weighted by molar-refractivity contribution is 5.50. The molecule has 0 spiro atoms. The zero-order valence-electron chi connectivity index (χ0n) is 12.8. The number of halogens is 3. The van der Waals surface area contributed by atoms with E-state index < -0.39 is 11.6 Å². The number of rotatable bonds is 5. The Bertz CT molecular complexity index is 548. The predicted molar refractivity (Wildman–Crippen MR) is 80.3 cm³/mol. The Hall–Kier alpha value is -1.57. The third kappa shape index (κ3) is 3.08. The van der Waals surface area contributed by atoms with Crippen LogP contribution in [0.3, 0.4) is 0 Å². The Kier molecular flexibility index (Phi) is 4.35. The number of hydrogen-bond donors (Lipinski definition) is 2. The summed E-state index contributed by atoms with van der Waals surface area (Å²) in [5.41, 5.74) is -1.63. The second-order valence-corrected chi connectivity index (χ2v) is 6.42. The Morgan fingerprint density at radius 2 is 2.09 bits per heavy atom. The number of anilines is 2. The molecule has 2 aliphatic rings. The number of alkyl halides is 3. The fraction of sp³-hybridized carbons (Fsp3) is 0.733. The number of nitrogens with zero attached hydrogens (tertiary/aromatic N) is 3. The third-order valence-electron chi connectivity index (χ3n) is 5.05. The molecule has 1 aromatic rings. The van der Waals surface area contributed by atoms with Crippen molar-refractivity contribution >= 4 is 11.6 Å². The quantitative estimate of drug-likeness (QED) is 0.869. The van der Waals surface area contributed by atoms with E-state index in [1.54, 1.807) is 6.07 Å². The van der Waals surface area contributed by atoms with Crippen LogP contribution < -0.4 is 10.2 Å². The molecule has 1 aliphatic carbocycles. The Morgan fingerprint density at radius 3 is 2.70 bits per heavy atom. The van der Waals surface area contributed by atoms with E-state index in [1.165, 1.54) is 6.33 Å². The van der Waals surface area contributed by atoms with Crippen LogP contribution in [0.1, 0.15) is 32.1 Å². The van der Waals surface area contributed by atoms with Crippen LogP contribution in [0.2, 0.25) is 0 Å². The lowest BCUT2D eigenvalue weighted by molar-refractivity contribution is -0.244. The topological polar surface area (TPSA) is 61.3 Å². The zero-order valence-corrected chi connectivity index (χ0v) is 12.8. The highest BCUT2D eigenvalue weighted by Crippen LogP contribution is 2.52. The zero-order chi connectivity index (χ0) is 16.5. The van der Waals surface area contributed by atoms with Crippen LogP contribution in [0.5, 0.6) is 0 Å². The van der Waals surface area contributed by atoms with Gasteiger partial charge in [0.05, 0.1) is 18.1 Å². The standard InChI is InChI=1S/C15H21F3N4O/c16-15(17,18)14(4-2-5-14)9-19-12-7-13(21-10-20-12)22-6-1-3-11(22)8-23/h7,10-11,23H,1-6,8-9H2,(H,19,20,21). The molecule has 2 fully saturated rings. The number of aliphatic hydroxyl groups is 1. The number of hydrogen-bond acceptors (Lipinski definition) is 5. The number of aliphatic hydroxyl groups excluding tert-OH is 1. The van der Waals surface area contributed by atoms with Crippen molar-refractivity contribution < 1.29 is 18.3 Å². The van der Waals surface area contributed by atoms with Gasteiger partial charge in [-0.25, -0.2) is 9.97 Å². The largest absolute Gasteiger partial charge is 0.396 e. The summed E-state index contributed by atoms with van der Waals surface area (Å²) in [6, 6.07) is 1.68. The maximum atomic E-state index is 13.2. The van der Waals surface area contributed by atoms with Crippen LogP contribution >= 0.6 is 0 Å². The van der Waals surface area contributed by atoms with Gasteiger partial charge < -0.3 is 15.3 Å². The Labute approximate surface area is 132 Å². The van der Waals surface area contributed by atoms with Crippen molar-refractivity contribution in [3.8, 4) is 0 Å². The molecule has 0 radical (unpaired) electrons. The summed E-state index contributed by atoms with van der Waals surface area (Å²) in [5, 5.41) is 12.2. The van der Waals surface area contributed by atoms with Gasteiger partial charge in [0, 0.05) is 19.2 Å². The summed E-state index contributed by atoms with van der Waals surface area (Å²) in [6.45, 7) is 0.675. The lowest BCUT2D eigenvalue weighted by Gasteiger charge is -2.43. The summed E-state index contributed by atoms with van der Waals surface area (Å²) < 4.78 is 39.5. The van der Waals surface area contributed by atoms with Crippen molar-refractivity contribution in [1.29, 1.82) is 0 Å². The van der Waals surface area contributed by atoms with Crippen molar-refractivity contribution in [1.82, 2.24) is 9.97 Å². The average molecular weight is 330 g/mol. The van der Waals surface area contributed by atoms with E-state index in [-0.39, 0.29) is 32.0 Å².